The van der Waals surface area contributed by atoms with Gasteiger partial charge in [-0.1, -0.05) is 0 Å². The maximum absolute atomic E-state index is 13.4. The van der Waals surface area contributed by atoms with Gasteiger partial charge in [0.05, 0.1) is 0 Å². The summed E-state index contributed by atoms with van der Waals surface area (Å²) in [6.45, 7) is 4.04. The molecule has 0 aliphatic carbocycles. The normalized spacial score (nSPS) is 14.7. The fraction of sp³-hybridized carbons (Fsp3) is 1.00. The molecule has 0 bridgehead atoms. The van der Waals surface area contributed by atoms with Crippen LogP contribution in [0.25, 0.3) is 0 Å². The predicted octanol–water partition coefficient (Wildman–Crippen LogP) is 6.35. The van der Waals surface area contributed by atoms with E-state index in [4.69, 9.17) is 0 Å². The van der Waals surface area contributed by atoms with Gasteiger partial charge < -0.3 is 0 Å². The number of hydrogen-bond acceptors (Lipinski definition) is 0. The van der Waals surface area contributed by atoms with Crippen LogP contribution in [0, 0.1) is 0 Å². The average molecular weight is 258 g/mol. The molecule has 0 N–H and O–H groups in total. The van der Waals surface area contributed by atoms with E-state index in [1.165, 1.54) is 0 Å². The van der Waals surface area contributed by atoms with E-state index in [1.54, 1.807) is 0 Å². The van der Waals surface area contributed by atoms with Gasteiger partial charge in [0.15, 0.2) is 0 Å². The van der Waals surface area contributed by atoms with Gasteiger partial charge in [-0.3, -0.25) is 0 Å². The first-order valence-electron chi connectivity index (χ1n) is 6.55. The summed E-state index contributed by atoms with van der Waals surface area (Å²) in [6, 6.07) is 0. The molecule has 0 spiro atoms. The Balaban J connectivity index is 3.75. The van der Waals surface area contributed by atoms with Crippen molar-refractivity contribution in [2.45, 2.75) is 65.2 Å². The van der Waals surface area contributed by atoms with Gasteiger partial charge in [-0.15, -0.1) is 0 Å². The first-order valence-corrected chi connectivity index (χ1v) is 8.83. The van der Waals surface area contributed by atoms with Crippen LogP contribution in [0.3, 0.4) is 0 Å². The third-order valence-electron chi connectivity index (χ3n) is 2.85. The summed E-state index contributed by atoms with van der Waals surface area (Å²) < 4.78 is 40.3. The van der Waals surface area contributed by atoms with Crippen LogP contribution >= 0.6 is 7.54 Å². The number of hydrogen-bond donors (Lipinski definition) is 0. The second-order valence-electron chi connectivity index (χ2n) is 4.70. The standard InChI is InChI=1S/C12H26F3P/c1-3-5-7-9-11-16(13,14,15)12-10-8-6-4-2/h3-12H2,1-2H3. The van der Waals surface area contributed by atoms with Crippen molar-refractivity contribution in [3.05, 3.63) is 0 Å². The third-order valence-corrected chi connectivity index (χ3v) is 5.13. The summed E-state index contributed by atoms with van der Waals surface area (Å²) in [4.78, 5) is 0. The van der Waals surface area contributed by atoms with Gasteiger partial charge in [-0.25, -0.2) is 0 Å². The summed E-state index contributed by atoms with van der Waals surface area (Å²) in [6.07, 6.45) is 5.09. The van der Waals surface area contributed by atoms with E-state index in [1.807, 2.05) is 13.8 Å². The molecule has 16 heavy (non-hydrogen) atoms. The Kier molecular flexibility index (Phi) is 7.63. The van der Waals surface area contributed by atoms with Gasteiger partial charge in [0.25, 0.3) is 0 Å². The zero-order chi connectivity index (χ0) is 12.5. The first kappa shape index (κ1) is 16.2. The fourth-order valence-electron chi connectivity index (χ4n) is 1.77. The molecule has 0 atom stereocenters. The van der Waals surface area contributed by atoms with Gasteiger partial charge in [-0.2, -0.15) is 0 Å². The van der Waals surface area contributed by atoms with Crippen molar-refractivity contribution in [1.82, 2.24) is 0 Å². The van der Waals surface area contributed by atoms with E-state index < -0.39 is 19.9 Å². The van der Waals surface area contributed by atoms with Crippen LogP contribution < -0.4 is 0 Å². The fourth-order valence-corrected chi connectivity index (χ4v) is 3.61. The van der Waals surface area contributed by atoms with Crippen LogP contribution in [0.5, 0.6) is 0 Å². The zero-order valence-electron chi connectivity index (χ0n) is 10.7. The molecule has 0 aliphatic rings. The maximum atomic E-state index is 13.4. The van der Waals surface area contributed by atoms with Crippen LogP contribution in [-0.2, 0) is 0 Å². The molecule has 0 aliphatic heterocycles. The molecule has 0 fully saturated rings. The molecule has 0 radical (unpaired) electrons. The summed E-state index contributed by atoms with van der Waals surface area (Å²) in [5.41, 5.74) is 0. The SMILES string of the molecule is CCCCCCP(F)(F)(F)CCCCCC. The predicted molar refractivity (Wildman–Crippen MR) is 68.3 cm³/mol. The quantitative estimate of drug-likeness (QED) is 0.316. The van der Waals surface area contributed by atoms with Crippen molar-refractivity contribution in [1.29, 1.82) is 0 Å². The Labute approximate surface area is 98.3 Å². The molecule has 0 saturated heterocycles. The number of halogens is 3. The number of rotatable bonds is 10. The summed E-state index contributed by atoms with van der Waals surface area (Å²) in [5.74, 6) is 0. The molecule has 0 rings (SSSR count). The van der Waals surface area contributed by atoms with E-state index in [9.17, 15) is 12.6 Å². The van der Waals surface area contributed by atoms with Crippen LogP contribution in [0.4, 0.5) is 12.6 Å². The second kappa shape index (κ2) is 7.53. The van der Waals surface area contributed by atoms with Crippen LogP contribution in [0.2, 0.25) is 0 Å². The van der Waals surface area contributed by atoms with Gasteiger partial charge >= 0.3 is 97.7 Å². The Bertz CT molecular complexity index is 159. The van der Waals surface area contributed by atoms with Gasteiger partial charge in [-0.05, 0) is 0 Å². The molecule has 0 unspecified atom stereocenters. The van der Waals surface area contributed by atoms with E-state index in [0.29, 0.717) is 12.8 Å². The van der Waals surface area contributed by atoms with Crippen molar-refractivity contribution in [2.24, 2.45) is 0 Å². The summed E-state index contributed by atoms with van der Waals surface area (Å²) in [7, 11) is -5.77. The molecule has 0 heterocycles. The van der Waals surface area contributed by atoms with E-state index in [0.717, 1.165) is 38.5 Å². The topological polar surface area (TPSA) is 0 Å². The Hall–Kier alpha value is 0.220. The minimum atomic E-state index is -5.77. The van der Waals surface area contributed by atoms with E-state index in [2.05, 4.69) is 0 Å². The summed E-state index contributed by atoms with van der Waals surface area (Å²) in [5, 5.41) is 0. The third kappa shape index (κ3) is 9.45. The molecule has 4 heteroatoms. The van der Waals surface area contributed by atoms with E-state index in [-0.39, 0.29) is 0 Å². The van der Waals surface area contributed by atoms with E-state index >= 15 is 0 Å². The van der Waals surface area contributed by atoms with Crippen LogP contribution in [0.1, 0.15) is 65.2 Å². The van der Waals surface area contributed by atoms with Crippen molar-refractivity contribution in [3.8, 4) is 0 Å². The van der Waals surface area contributed by atoms with Crippen LogP contribution in [-0.4, -0.2) is 12.3 Å². The Morgan fingerprint density at radius 3 is 1.31 bits per heavy atom. The van der Waals surface area contributed by atoms with Crippen LogP contribution in [0.15, 0.2) is 0 Å². The molecule has 0 aromatic heterocycles. The van der Waals surface area contributed by atoms with Gasteiger partial charge in [0.1, 0.15) is 0 Å². The van der Waals surface area contributed by atoms with Crippen molar-refractivity contribution in [2.75, 3.05) is 12.3 Å². The van der Waals surface area contributed by atoms with Gasteiger partial charge in [0, 0.05) is 0 Å². The summed E-state index contributed by atoms with van der Waals surface area (Å²) >= 11 is 0. The van der Waals surface area contributed by atoms with Crippen molar-refractivity contribution >= 4 is 7.54 Å². The molecule has 0 aromatic rings. The monoisotopic (exact) mass is 258 g/mol. The van der Waals surface area contributed by atoms with Gasteiger partial charge in [0.2, 0.25) is 0 Å². The Morgan fingerprint density at radius 2 is 1.00 bits per heavy atom. The van der Waals surface area contributed by atoms with Crippen molar-refractivity contribution in [3.63, 3.8) is 0 Å². The second-order valence-corrected chi connectivity index (χ2v) is 7.86. The molecule has 0 aromatic carbocycles. The molecule has 0 amide bonds. The molecule has 0 saturated carbocycles. The Morgan fingerprint density at radius 1 is 0.625 bits per heavy atom. The molecular weight excluding hydrogens is 232 g/mol. The first-order chi connectivity index (χ1) is 7.39. The minimum absolute atomic E-state index is 0.350. The molecule has 100 valence electrons. The molecule has 0 nitrogen and oxygen atoms in total. The average Bonchev–Trinajstić information content (AvgIpc) is 2.19. The van der Waals surface area contributed by atoms with Crippen molar-refractivity contribution < 1.29 is 12.6 Å². The molecular formula is C12H26F3P. The number of unbranched alkanes of at least 4 members (excludes halogenated alkanes) is 6. The zero-order valence-corrected chi connectivity index (χ0v) is 11.5.